The van der Waals surface area contributed by atoms with Gasteiger partial charge in [-0.2, -0.15) is 0 Å². The van der Waals surface area contributed by atoms with Gasteiger partial charge in [0.05, 0.1) is 11.4 Å². The number of hydrogen-bond donors (Lipinski definition) is 2. The number of halogens is 1. The highest BCUT2D eigenvalue weighted by atomic mass is 35.5. The highest BCUT2D eigenvalue weighted by molar-refractivity contribution is 6.35. The van der Waals surface area contributed by atoms with E-state index in [1.165, 1.54) is 0 Å². The maximum atomic E-state index is 11.9. The van der Waals surface area contributed by atoms with Gasteiger partial charge in [0, 0.05) is 23.1 Å². The lowest BCUT2D eigenvalue weighted by Gasteiger charge is -2.10. The smallest absolute Gasteiger partial charge is 0.224 e. The van der Waals surface area contributed by atoms with E-state index in [4.69, 9.17) is 11.6 Å². The average molecular weight is 265 g/mol. The Morgan fingerprint density at radius 3 is 3.00 bits per heavy atom. The molecule has 0 fully saturated rings. The Balaban J connectivity index is 2.19. The third kappa shape index (κ3) is 2.67. The van der Waals surface area contributed by atoms with Crippen LogP contribution < -0.4 is 5.32 Å². The minimum Gasteiger partial charge on any atom is -0.361 e. The Morgan fingerprint density at radius 1 is 1.50 bits per heavy atom. The Morgan fingerprint density at radius 2 is 2.28 bits per heavy atom. The summed E-state index contributed by atoms with van der Waals surface area (Å²) < 4.78 is 0. The van der Waals surface area contributed by atoms with Gasteiger partial charge in [-0.3, -0.25) is 4.79 Å². The third-order valence-electron chi connectivity index (χ3n) is 3.11. The maximum Gasteiger partial charge on any atom is 0.224 e. The Bertz CT molecular complexity index is 562. The van der Waals surface area contributed by atoms with Crippen LogP contribution in [-0.2, 0) is 11.2 Å². The molecular formula is C14H17ClN2O. The van der Waals surface area contributed by atoms with Crippen molar-refractivity contribution in [1.29, 1.82) is 0 Å². The molecule has 3 nitrogen and oxygen atoms in total. The average Bonchev–Trinajstić information content (AvgIpc) is 2.73. The quantitative estimate of drug-likeness (QED) is 0.875. The van der Waals surface area contributed by atoms with Crippen LogP contribution in [0.2, 0.25) is 5.02 Å². The van der Waals surface area contributed by atoms with Crippen molar-refractivity contribution in [3.8, 4) is 0 Å². The molecule has 0 radical (unpaired) electrons. The predicted molar refractivity (Wildman–Crippen MR) is 74.9 cm³/mol. The summed E-state index contributed by atoms with van der Waals surface area (Å²) in [5.41, 5.74) is 1.91. The number of hydrogen-bond acceptors (Lipinski definition) is 1. The standard InChI is InChI=1S/C14H17ClN2O/c1-3-9(2)17-13(18)7-10-8-16-12-6-4-5-11(15)14(10)12/h4-6,8-9,16H,3,7H2,1-2H3,(H,17,18). The van der Waals surface area contributed by atoms with Crippen molar-refractivity contribution in [1.82, 2.24) is 10.3 Å². The molecule has 0 spiro atoms. The number of aromatic amines is 1. The van der Waals surface area contributed by atoms with E-state index in [2.05, 4.69) is 10.3 Å². The normalized spacial score (nSPS) is 12.6. The number of aromatic nitrogens is 1. The molecule has 96 valence electrons. The molecule has 0 bridgehead atoms. The van der Waals surface area contributed by atoms with E-state index >= 15 is 0 Å². The zero-order chi connectivity index (χ0) is 13.1. The molecule has 0 saturated heterocycles. The third-order valence-corrected chi connectivity index (χ3v) is 3.42. The number of H-pyrrole nitrogens is 1. The van der Waals surface area contributed by atoms with Gasteiger partial charge in [0.25, 0.3) is 0 Å². The van der Waals surface area contributed by atoms with Gasteiger partial charge in [-0.15, -0.1) is 0 Å². The molecule has 1 heterocycles. The van der Waals surface area contributed by atoms with Gasteiger partial charge >= 0.3 is 0 Å². The molecule has 2 aromatic rings. The van der Waals surface area contributed by atoms with Crippen LogP contribution in [0.4, 0.5) is 0 Å². The van der Waals surface area contributed by atoms with Crippen LogP contribution in [0.1, 0.15) is 25.8 Å². The van der Waals surface area contributed by atoms with Crippen LogP contribution in [0.3, 0.4) is 0 Å². The summed E-state index contributed by atoms with van der Waals surface area (Å²) in [7, 11) is 0. The molecule has 0 aliphatic carbocycles. The molecule has 1 atom stereocenters. The fourth-order valence-electron chi connectivity index (χ4n) is 1.95. The zero-order valence-corrected chi connectivity index (χ0v) is 11.3. The molecule has 2 N–H and O–H groups in total. The molecule has 1 amide bonds. The summed E-state index contributed by atoms with van der Waals surface area (Å²) in [5, 5.41) is 4.58. The number of amides is 1. The van der Waals surface area contributed by atoms with Gasteiger partial charge < -0.3 is 10.3 Å². The van der Waals surface area contributed by atoms with Gasteiger partial charge in [-0.05, 0) is 31.0 Å². The first-order valence-electron chi connectivity index (χ1n) is 6.15. The lowest BCUT2D eigenvalue weighted by atomic mass is 10.1. The summed E-state index contributed by atoms with van der Waals surface area (Å²) >= 11 is 6.17. The SMILES string of the molecule is CCC(C)NC(=O)Cc1c[nH]c2cccc(Cl)c12. The number of fused-ring (bicyclic) bond motifs is 1. The Kier molecular flexibility index (Phi) is 3.92. The number of benzene rings is 1. The molecule has 1 aromatic heterocycles. The molecule has 1 aromatic carbocycles. The van der Waals surface area contributed by atoms with E-state index in [1.54, 1.807) is 0 Å². The van der Waals surface area contributed by atoms with Crippen LogP contribution in [0.25, 0.3) is 10.9 Å². The maximum absolute atomic E-state index is 11.9. The summed E-state index contributed by atoms with van der Waals surface area (Å²) in [6.45, 7) is 4.05. The van der Waals surface area contributed by atoms with E-state index in [0.717, 1.165) is 22.9 Å². The van der Waals surface area contributed by atoms with Crippen molar-refractivity contribution in [3.63, 3.8) is 0 Å². The van der Waals surface area contributed by atoms with Gasteiger partial charge in [-0.1, -0.05) is 24.6 Å². The second kappa shape index (κ2) is 5.44. The molecule has 4 heteroatoms. The first-order valence-corrected chi connectivity index (χ1v) is 6.53. The lowest BCUT2D eigenvalue weighted by Crippen LogP contribution is -2.33. The van der Waals surface area contributed by atoms with Crippen LogP contribution in [0.15, 0.2) is 24.4 Å². The topological polar surface area (TPSA) is 44.9 Å². The number of nitrogens with one attached hydrogen (secondary N) is 2. The summed E-state index contributed by atoms with van der Waals surface area (Å²) in [6, 6.07) is 5.90. The second-order valence-electron chi connectivity index (χ2n) is 4.53. The molecule has 18 heavy (non-hydrogen) atoms. The van der Waals surface area contributed by atoms with E-state index < -0.39 is 0 Å². The molecule has 2 rings (SSSR count). The van der Waals surface area contributed by atoms with Gasteiger partial charge in [0.1, 0.15) is 0 Å². The van der Waals surface area contributed by atoms with E-state index in [0.29, 0.717) is 11.4 Å². The van der Waals surface area contributed by atoms with Crippen LogP contribution >= 0.6 is 11.6 Å². The van der Waals surface area contributed by atoms with Crippen molar-refractivity contribution in [2.24, 2.45) is 0 Å². The predicted octanol–water partition coefficient (Wildman–Crippen LogP) is 3.28. The zero-order valence-electron chi connectivity index (χ0n) is 10.6. The summed E-state index contributed by atoms with van der Waals surface area (Å²) in [4.78, 5) is 15.0. The fourth-order valence-corrected chi connectivity index (χ4v) is 2.24. The van der Waals surface area contributed by atoms with Gasteiger partial charge in [0.15, 0.2) is 0 Å². The minimum atomic E-state index is 0.0326. The van der Waals surface area contributed by atoms with Crippen LogP contribution in [0, 0.1) is 0 Å². The van der Waals surface area contributed by atoms with E-state index in [9.17, 15) is 4.79 Å². The largest absolute Gasteiger partial charge is 0.361 e. The first kappa shape index (κ1) is 13.0. The van der Waals surface area contributed by atoms with E-state index in [1.807, 2.05) is 38.2 Å². The van der Waals surface area contributed by atoms with E-state index in [-0.39, 0.29) is 11.9 Å². The second-order valence-corrected chi connectivity index (χ2v) is 4.94. The highest BCUT2D eigenvalue weighted by Gasteiger charge is 2.12. The van der Waals surface area contributed by atoms with Crippen molar-refractivity contribution in [3.05, 3.63) is 35.0 Å². The molecule has 0 aliphatic rings. The first-order chi connectivity index (χ1) is 8.61. The number of carbonyl (C=O) groups excluding carboxylic acids is 1. The van der Waals surface area contributed by atoms with Crippen molar-refractivity contribution >= 4 is 28.4 Å². The highest BCUT2D eigenvalue weighted by Crippen LogP contribution is 2.26. The number of rotatable bonds is 4. The van der Waals surface area contributed by atoms with Crippen LogP contribution in [0.5, 0.6) is 0 Å². The van der Waals surface area contributed by atoms with Crippen molar-refractivity contribution < 1.29 is 4.79 Å². The number of carbonyl (C=O) groups is 1. The summed E-state index contributed by atoms with van der Waals surface area (Å²) in [6.07, 6.45) is 3.14. The minimum absolute atomic E-state index is 0.0326. The molecule has 0 saturated carbocycles. The molecular weight excluding hydrogens is 248 g/mol. The van der Waals surface area contributed by atoms with Crippen molar-refractivity contribution in [2.75, 3.05) is 0 Å². The molecule has 1 unspecified atom stereocenters. The fraction of sp³-hybridized carbons (Fsp3) is 0.357. The molecule has 0 aliphatic heterocycles. The Labute approximate surface area is 112 Å². The van der Waals surface area contributed by atoms with Gasteiger partial charge in [0.2, 0.25) is 5.91 Å². The monoisotopic (exact) mass is 264 g/mol. The lowest BCUT2D eigenvalue weighted by molar-refractivity contribution is -0.121. The Hall–Kier alpha value is -1.48. The van der Waals surface area contributed by atoms with Crippen LogP contribution in [-0.4, -0.2) is 16.9 Å². The van der Waals surface area contributed by atoms with Gasteiger partial charge in [-0.25, -0.2) is 0 Å². The summed E-state index contributed by atoms with van der Waals surface area (Å²) in [5.74, 6) is 0.0326. The van der Waals surface area contributed by atoms with Crippen molar-refractivity contribution in [2.45, 2.75) is 32.7 Å².